The number of nitrogens with zero attached hydrogens (tertiary/aromatic N) is 5. The van der Waals surface area contributed by atoms with Crippen molar-refractivity contribution < 1.29 is 27.1 Å². The van der Waals surface area contributed by atoms with Crippen LogP contribution >= 0.6 is 0 Å². The van der Waals surface area contributed by atoms with Crippen LogP contribution in [0.2, 0.25) is 0 Å². The number of phenols is 1. The lowest BCUT2D eigenvalue weighted by Gasteiger charge is -2.36. The molecule has 13 heteroatoms. The van der Waals surface area contributed by atoms with E-state index in [0.29, 0.717) is 16.8 Å². The number of alkyl halides is 5. The minimum absolute atomic E-state index is 0.0929. The third-order valence-corrected chi connectivity index (χ3v) is 6.66. The molecular formula is C22H21F5N6O2. The summed E-state index contributed by atoms with van der Waals surface area (Å²) < 4.78 is 66.5. The fourth-order valence-electron chi connectivity index (χ4n) is 4.89. The maximum absolute atomic E-state index is 14.0. The molecule has 186 valence electrons. The molecular weight excluding hydrogens is 475 g/mol. The second kappa shape index (κ2) is 8.11. The third-order valence-electron chi connectivity index (χ3n) is 6.66. The first kappa shape index (κ1) is 23.4. The second-order valence-electron chi connectivity index (χ2n) is 9.07. The van der Waals surface area contributed by atoms with Gasteiger partial charge in [0, 0.05) is 31.1 Å². The fraction of sp³-hybridized carbons (Fsp3) is 0.455. The highest BCUT2D eigenvalue weighted by Crippen LogP contribution is 2.41. The van der Waals surface area contributed by atoms with E-state index >= 15 is 0 Å². The predicted octanol–water partition coefficient (Wildman–Crippen LogP) is 3.09. The van der Waals surface area contributed by atoms with Crippen LogP contribution in [-0.2, 0) is 6.54 Å². The zero-order chi connectivity index (χ0) is 25.1. The minimum Gasteiger partial charge on any atom is -0.507 e. The van der Waals surface area contributed by atoms with Gasteiger partial charge in [-0.05, 0) is 37.1 Å². The second-order valence-corrected chi connectivity index (χ2v) is 9.07. The van der Waals surface area contributed by atoms with Gasteiger partial charge in [0.2, 0.25) is 0 Å². The molecule has 2 saturated heterocycles. The van der Waals surface area contributed by atoms with E-state index in [1.165, 1.54) is 6.07 Å². The molecule has 0 amide bonds. The number of nitrogens with one attached hydrogen (secondary N) is 1. The number of piperidine rings is 1. The van der Waals surface area contributed by atoms with Crippen LogP contribution in [0.1, 0.15) is 19.3 Å². The Morgan fingerprint density at radius 2 is 2.00 bits per heavy atom. The number of hydrogen-bond acceptors (Lipinski definition) is 7. The van der Waals surface area contributed by atoms with Gasteiger partial charge in [-0.25, -0.2) is 13.8 Å². The first-order valence-corrected chi connectivity index (χ1v) is 10.9. The van der Waals surface area contributed by atoms with E-state index in [1.807, 2.05) is 4.90 Å². The summed E-state index contributed by atoms with van der Waals surface area (Å²) >= 11 is 0. The summed E-state index contributed by atoms with van der Waals surface area (Å²) in [6, 6.07) is 4.35. The molecule has 0 aliphatic carbocycles. The van der Waals surface area contributed by atoms with Crippen LogP contribution in [0.5, 0.6) is 5.75 Å². The SMILES string of the molecule is CN(c1ccc(-c2cc3ncn(CC(F)(F)F)c(=O)c3cc2O)nn1)[C@H]1CC2CC(F)(F)C(C1)N2. The van der Waals surface area contributed by atoms with E-state index in [1.54, 1.807) is 19.2 Å². The molecule has 3 atom stereocenters. The van der Waals surface area contributed by atoms with Crippen molar-refractivity contribution in [1.82, 2.24) is 25.1 Å². The maximum atomic E-state index is 14.0. The molecule has 2 aliphatic heterocycles. The van der Waals surface area contributed by atoms with Crippen molar-refractivity contribution in [1.29, 1.82) is 0 Å². The van der Waals surface area contributed by atoms with Gasteiger partial charge in [-0.1, -0.05) is 0 Å². The standard InChI is InChI=1S/C22H21F5N6O2/c1-32(12-4-11-8-21(23,24)18(5-12)29-11)19-3-2-15(30-31-19)13-6-16-14(7-17(13)34)20(35)33(10-28-16)9-22(25,26)27/h2-3,6-7,10-12,18,29,34H,4-5,8-9H2,1H3/t11?,12-,18?/m0/s1. The summed E-state index contributed by atoms with van der Waals surface area (Å²) in [7, 11) is 1.76. The number of halogens is 5. The van der Waals surface area contributed by atoms with Gasteiger partial charge < -0.3 is 15.3 Å². The zero-order valence-corrected chi connectivity index (χ0v) is 18.4. The van der Waals surface area contributed by atoms with Crippen LogP contribution in [0.15, 0.2) is 35.4 Å². The van der Waals surface area contributed by atoms with Crippen molar-refractivity contribution in [2.75, 3.05) is 11.9 Å². The minimum atomic E-state index is -4.60. The first-order valence-electron chi connectivity index (χ1n) is 10.9. The molecule has 3 aromatic rings. The zero-order valence-electron chi connectivity index (χ0n) is 18.4. The third kappa shape index (κ3) is 4.40. The summed E-state index contributed by atoms with van der Waals surface area (Å²) in [6.45, 7) is -1.49. The van der Waals surface area contributed by atoms with Crippen LogP contribution in [-0.4, -0.2) is 62.1 Å². The molecule has 1 aromatic carbocycles. The lowest BCUT2D eigenvalue weighted by Crippen LogP contribution is -2.49. The predicted molar refractivity (Wildman–Crippen MR) is 116 cm³/mol. The highest BCUT2D eigenvalue weighted by atomic mass is 19.4. The van der Waals surface area contributed by atoms with Gasteiger partial charge in [-0.2, -0.15) is 13.2 Å². The quantitative estimate of drug-likeness (QED) is 0.536. The van der Waals surface area contributed by atoms with Gasteiger partial charge in [-0.15, -0.1) is 10.2 Å². The topological polar surface area (TPSA) is 96.2 Å². The van der Waals surface area contributed by atoms with Crippen molar-refractivity contribution in [2.24, 2.45) is 0 Å². The van der Waals surface area contributed by atoms with Crippen LogP contribution in [0.25, 0.3) is 22.2 Å². The number of phenolic OH excluding ortho intramolecular Hbond substituents is 1. The number of hydrogen-bond donors (Lipinski definition) is 2. The molecule has 0 spiro atoms. The van der Waals surface area contributed by atoms with E-state index in [4.69, 9.17) is 0 Å². The Bertz CT molecular complexity index is 1330. The molecule has 2 unspecified atom stereocenters. The van der Waals surface area contributed by atoms with Crippen LogP contribution in [0.3, 0.4) is 0 Å². The average molecular weight is 496 g/mol. The van der Waals surface area contributed by atoms with E-state index in [9.17, 15) is 31.9 Å². The summed E-state index contributed by atoms with van der Waals surface area (Å²) in [5.41, 5.74) is -0.395. The van der Waals surface area contributed by atoms with Crippen LogP contribution < -0.4 is 15.8 Å². The number of anilines is 1. The Labute approximate surface area is 195 Å². The fourth-order valence-corrected chi connectivity index (χ4v) is 4.89. The lowest BCUT2D eigenvalue weighted by molar-refractivity contribution is -0.141. The number of rotatable bonds is 4. The van der Waals surface area contributed by atoms with E-state index in [-0.39, 0.29) is 52.8 Å². The smallest absolute Gasteiger partial charge is 0.406 e. The van der Waals surface area contributed by atoms with E-state index < -0.39 is 30.2 Å². The van der Waals surface area contributed by atoms with Gasteiger partial charge in [0.05, 0.1) is 29.0 Å². The Morgan fingerprint density at radius 1 is 1.23 bits per heavy atom. The number of fused-ring (bicyclic) bond motifs is 3. The number of aromatic hydroxyl groups is 1. The van der Waals surface area contributed by atoms with Crippen molar-refractivity contribution in [2.45, 2.75) is 56.0 Å². The molecule has 0 radical (unpaired) electrons. The molecule has 5 rings (SSSR count). The summed E-state index contributed by atoms with van der Waals surface area (Å²) in [5, 5.41) is 21.5. The number of benzene rings is 1. The van der Waals surface area contributed by atoms with Crippen molar-refractivity contribution in [3.8, 4) is 17.0 Å². The Hall–Kier alpha value is -3.35. The van der Waals surface area contributed by atoms with Crippen molar-refractivity contribution >= 4 is 16.7 Å². The van der Waals surface area contributed by atoms with Crippen molar-refractivity contribution in [3.63, 3.8) is 0 Å². The van der Waals surface area contributed by atoms with Gasteiger partial charge in [-0.3, -0.25) is 9.36 Å². The molecule has 4 heterocycles. The molecule has 2 fully saturated rings. The Morgan fingerprint density at radius 3 is 2.66 bits per heavy atom. The lowest BCUT2D eigenvalue weighted by atomic mass is 9.98. The summed E-state index contributed by atoms with van der Waals surface area (Å²) in [4.78, 5) is 18.1. The molecule has 2 N–H and O–H groups in total. The first-order chi connectivity index (χ1) is 16.4. The normalized spacial score (nSPS) is 23.5. The van der Waals surface area contributed by atoms with E-state index in [2.05, 4.69) is 20.5 Å². The van der Waals surface area contributed by atoms with Crippen molar-refractivity contribution in [3.05, 3.63) is 40.9 Å². The largest absolute Gasteiger partial charge is 0.507 e. The Kier molecular flexibility index (Phi) is 5.42. The maximum Gasteiger partial charge on any atom is 0.406 e. The number of aromatic nitrogens is 4. The molecule has 2 bridgehead atoms. The van der Waals surface area contributed by atoms with Gasteiger partial charge in [0.15, 0.2) is 5.82 Å². The van der Waals surface area contributed by atoms with Crippen LogP contribution in [0.4, 0.5) is 27.8 Å². The van der Waals surface area contributed by atoms with Gasteiger partial charge in [0.25, 0.3) is 11.5 Å². The summed E-state index contributed by atoms with van der Waals surface area (Å²) in [6.07, 6.45) is -3.15. The Balaban J connectivity index is 1.39. The highest BCUT2D eigenvalue weighted by Gasteiger charge is 2.53. The van der Waals surface area contributed by atoms with Gasteiger partial charge in [0.1, 0.15) is 12.3 Å². The van der Waals surface area contributed by atoms with Crippen LogP contribution in [0, 0.1) is 0 Å². The molecule has 0 saturated carbocycles. The van der Waals surface area contributed by atoms with E-state index in [0.717, 1.165) is 12.4 Å². The summed E-state index contributed by atoms with van der Waals surface area (Å²) in [5.74, 6) is -2.63. The highest BCUT2D eigenvalue weighted by molar-refractivity contribution is 5.86. The molecule has 35 heavy (non-hydrogen) atoms. The van der Waals surface area contributed by atoms with Gasteiger partial charge >= 0.3 is 6.18 Å². The molecule has 8 nitrogen and oxygen atoms in total. The molecule has 2 aromatic heterocycles. The molecule has 2 aliphatic rings. The average Bonchev–Trinajstić information content (AvgIpc) is 3.00. The monoisotopic (exact) mass is 496 g/mol.